The van der Waals surface area contributed by atoms with Crippen molar-refractivity contribution in [1.29, 1.82) is 0 Å². The zero-order chi connectivity index (χ0) is 11.7. The van der Waals surface area contributed by atoms with Gasteiger partial charge >= 0.3 is 5.97 Å². The van der Waals surface area contributed by atoms with E-state index >= 15 is 0 Å². The van der Waals surface area contributed by atoms with Crippen LogP contribution in [0, 0.1) is 5.92 Å². The fourth-order valence-electron chi connectivity index (χ4n) is 1.12. The number of carbonyl (C=O) groups is 2. The second kappa shape index (κ2) is 8.23. The predicted molar refractivity (Wildman–Crippen MR) is 57.4 cm³/mol. The molecule has 0 spiro atoms. The van der Waals surface area contributed by atoms with Crippen LogP contribution in [0.5, 0.6) is 0 Å². The van der Waals surface area contributed by atoms with Crippen molar-refractivity contribution in [3.05, 3.63) is 0 Å². The van der Waals surface area contributed by atoms with Crippen molar-refractivity contribution in [3.8, 4) is 0 Å². The Balaban J connectivity index is 3.50. The summed E-state index contributed by atoms with van der Waals surface area (Å²) in [6, 6.07) is 0. The van der Waals surface area contributed by atoms with Crippen molar-refractivity contribution in [2.75, 3.05) is 27.2 Å². The van der Waals surface area contributed by atoms with Crippen LogP contribution in [0.15, 0.2) is 0 Å². The van der Waals surface area contributed by atoms with Crippen molar-refractivity contribution < 1.29 is 14.3 Å². The van der Waals surface area contributed by atoms with Crippen LogP contribution in [-0.2, 0) is 14.3 Å². The van der Waals surface area contributed by atoms with Crippen molar-refractivity contribution in [2.45, 2.75) is 19.8 Å². The van der Waals surface area contributed by atoms with Gasteiger partial charge in [-0.05, 0) is 13.5 Å². The first-order chi connectivity index (χ1) is 7.11. The van der Waals surface area contributed by atoms with Crippen molar-refractivity contribution in [3.63, 3.8) is 0 Å². The van der Waals surface area contributed by atoms with E-state index < -0.39 is 0 Å². The number of rotatable bonds is 7. The van der Waals surface area contributed by atoms with Crippen LogP contribution in [0.1, 0.15) is 19.8 Å². The van der Waals surface area contributed by atoms with Crippen molar-refractivity contribution >= 4 is 11.9 Å². The van der Waals surface area contributed by atoms with Gasteiger partial charge in [-0.3, -0.25) is 9.59 Å². The molecule has 5 nitrogen and oxygen atoms in total. The van der Waals surface area contributed by atoms with E-state index in [1.807, 2.05) is 6.92 Å². The predicted octanol–water partition coefficient (Wildman–Crippen LogP) is -0.0887. The molecular weight excluding hydrogens is 196 g/mol. The summed E-state index contributed by atoms with van der Waals surface area (Å²) in [5.74, 6) is -0.283. The molecule has 0 heterocycles. The highest BCUT2D eigenvalue weighted by molar-refractivity contribution is 5.78. The third kappa shape index (κ3) is 6.90. The Morgan fingerprint density at radius 2 is 2.07 bits per heavy atom. The topological polar surface area (TPSA) is 67.4 Å². The summed E-state index contributed by atoms with van der Waals surface area (Å²) < 4.78 is 4.48. The highest BCUT2D eigenvalue weighted by Gasteiger charge is 2.10. The minimum Gasteiger partial charge on any atom is -0.469 e. The average molecular weight is 216 g/mol. The fraction of sp³-hybridized carbons (Fsp3) is 0.800. The minimum absolute atomic E-state index is 0.00853. The maximum Gasteiger partial charge on any atom is 0.305 e. The average Bonchev–Trinajstić information content (AvgIpc) is 2.23. The molecule has 5 heteroatoms. The standard InChI is InChI=1S/C10H20N2O3/c1-8(7-11-2)10(14)12-6-4-5-9(13)15-3/h8,11H,4-7H2,1-3H3,(H,12,14). The Morgan fingerprint density at radius 3 is 2.60 bits per heavy atom. The summed E-state index contributed by atoms with van der Waals surface area (Å²) in [6.45, 7) is 3.02. The molecule has 1 unspecified atom stereocenters. The third-order valence-electron chi connectivity index (χ3n) is 2.04. The summed E-state index contributed by atoms with van der Waals surface area (Å²) >= 11 is 0. The molecule has 0 rings (SSSR count). The Labute approximate surface area is 90.6 Å². The minimum atomic E-state index is -0.243. The van der Waals surface area contributed by atoms with Crippen LogP contribution in [-0.4, -0.2) is 39.1 Å². The Hall–Kier alpha value is -1.10. The lowest BCUT2D eigenvalue weighted by Crippen LogP contribution is -2.34. The monoisotopic (exact) mass is 216 g/mol. The Morgan fingerprint density at radius 1 is 1.40 bits per heavy atom. The molecule has 0 fully saturated rings. The number of nitrogens with one attached hydrogen (secondary N) is 2. The van der Waals surface area contributed by atoms with Gasteiger partial charge in [0.25, 0.3) is 0 Å². The molecular formula is C10H20N2O3. The number of ether oxygens (including phenoxy) is 1. The van der Waals surface area contributed by atoms with Gasteiger partial charge in [-0.2, -0.15) is 0 Å². The number of amides is 1. The van der Waals surface area contributed by atoms with Crippen LogP contribution in [0.4, 0.5) is 0 Å². The third-order valence-corrected chi connectivity index (χ3v) is 2.04. The molecule has 0 aliphatic carbocycles. The largest absolute Gasteiger partial charge is 0.469 e. The van der Waals surface area contributed by atoms with Crippen LogP contribution in [0.3, 0.4) is 0 Å². The van der Waals surface area contributed by atoms with E-state index in [2.05, 4.69) is 15.4 Å². The highest BCUT2D eigenvalue weighted by Crippen LogP contribution is 1.94. The van der Waals surface area contributed by atoms with Gasteiger partial charge in [-0.1, -0.05) is 6.92 Å². The molecule has 88 valence electrons. The number of hydrogen-bond donors (Lipinski definition) is 2. The van der Waals surface area contributed by atoms with E-state index in [0.29, 0.717) is 25.9 Å². The van der Waals surface area contributed by atoms with Gasteiger partial charge < -0.3 is 15.4 Å². The number of methoxy groups -OCH3 is 1. The van der Waals surface area contributed by atoms with E-state index in [9.17, 15) is 9.59 Å². The second-order valence-electron chi connectivity index (χ2n) is 3.43. The van der Waals surface area contributed by atoms with Gasteiger partial charge in [-0.15, -0.1) is 0 Å². The van der Waals surface area contributed by atoms with Gasteiger partial charge in [0, 0.05) is 25.4 Å². The van der Waals surface area contributed by atoms with E-state index in [1.165, 1.54) is 7.11 Å². The van der Waals surface area contributed by atoms with Crippen LogP contribution in [0.2, 0.25) is 0 Å². The number of hydrogen-bond acceptors (Lipinski definition) is 4. The first kappa shape index (κ1) is 13.9. The van der Waals surface area contributed by atoms with Crippen LogP contribution < -0.4 is 10.6 Å². The maximum atomic E-state index is 11.4. The summed E-state index contributed by atoms with van der Waals surface area (Å²) in [5.41, 5.74) is 0. The lowest BCUT2D eigenvalue weighted by Gasteiger charge is -2.10. The zero-order valence-electron chi connectivity index (χ0n) is 9.63. The Bertz CT molecular complexity index is 207. The van der Waals surface area contributed by atoms with Gasteiger partial charge in [0.2, 0.25) is 5.91 Å². The van der Waals surface area contributed by atoms with E-state index in [1.54, 1.807) is 7.05 Å². The van der Waals surface area contributed by atoms with Crippen LogP contribution >= 0.6 is 0 Å². The molecule has 0 aliphatic heterocycles. The smallest absolute Gasteiger partial charge is 0.305 e. The molecule has 1 amide bonds. The normalized spacial score (nSPS) is 11.9. The van der Waals surface area contributed by atoms with Crippen molar-refractivity contribution in [2.24, 2.45) is 5.92 Å². The molecule has 0 aromatic rings. The number of esters is 1. The molecule has 0 saturated heterocycles. The van der Waals surface area contributed by atoms with Gasteiger partial charge in [0.05, 0.1) is 7.11 Å². The summed E-state index contributed by atoms with van der Waals surface area (Å²) in [7, 11) is 3.16. The Kier molecular flexibility index (Phi) is 7.62. The molecule has 15 heavy (non-hydrogen) atoms. The molecule has 2 N–H and O–H groups in total. The SMILES string of the molecule is CNCC(C)C(=O)NCCCC(=O)OC. The van der Waals surface area contributed by atoms with Gasteiger partial charge in [-0.25, -0.2) is 0 Å². The van der Waals surface area contributed by atoms with E-state index in [-0.39, 0.29) is 17.8 Å². The highest BCUT2D eigenvalue weighted by atomic mass is 16.5. The zero-order valence-corrected chi connectivity index (χ0v) is 9.63. The number of carbonyl (C=O) groups excluding carboxylic acids is 2. The summed E-state index contributed by atoms with van der Waals surface area (Å²) in [5, 5.41) is 5.69. The summed E-state index contributed by atoms with van der Waals surface area (Å²) in [6.07, 6.45) is 0.960. The molecule has 1 atom stereocenters. The lowest BCUT2D eigenvalue weighted by atomic mass is 10.1. The first-order valence-electron chi connectivity index (χ1n) is 5.11. The van der Waals surface area contributed by atoms with Crippen molar-refractivity contribution in [1.82, 2.24) is 10.6 Å². The van der Waals surface area contributed by atoms with E-state index in [4.69, 9.17) is 0 Å². The van der Waals surface area contributed by atoms with Gasteiger partial charge in [0.15, 0.2) is 0 Å². The summed E-state index contributed by atoms with van der Waals surface area (Å²) in [4.78, 5) is 22.1. The molecule has 0 aromatic carbocycles. The second-order valence-corrected chi connectivity index (χ2v) is 3.43. The van der Waals surface area contributed by atoms with Crippen LogP contribution in [0.25, 0.3) is 0 Å². The quantitative estimate of drug-likeness (QED) is 0.461. The van der Waals surface area contributed by atoms with E-state index in [0.717, 1.165) is 0 Å². The fourth-order valence-corrected chi connectivity index (χ4v) is 1.12. The molecule has 0 aliphatic rings. The molecule has 0 saturated carbocycles. The molecule has 0 bridgehead atoms. The molecule has 0 aromatic heterocycles. The maximum absolute atomic E-state index is 11.4. The lowest BCUT2D eigenvalue weighted by molar-refractivity contribution is -0.140. The molecule has 0 radical (unpaired) electrons. The van der Waals surface area contributed by atoms with Gasteiger partial charge in [0.1, 0.15) is 0 Å². The first-order valence-corrected chi connectivity index (χ1v) is 5.11.